The Kier molecular flexibility index (Phi) is 6.95. The molecule has 0 aliphatic carbocycles. The number of aliphatic imine (C=N–C) groups is 1. The molecule has 1 aromatic carbocycles. The van der Waals surface area contributed by atoms with Gasteiger partial charge in [-0.05, 0) is 24.7 Å². The number of aromatic hydroxyl groups is 1. The molecule has 1 saturated heterocycles. The van der Waals surface area contributed by atoms with Gasteiger partial charge >= 0.3 is 6.01 Å². The van der Waals surface area contributed by atoms with Gasteiger partial charge in [0.2, 0.25) is 0 Å². The number of aromatic nitrogens is 2. The molecule has 0 bridgehead atoms. The Morgan fingerprint density at radius 1 is 1.26 bits per heavy atom. The quantitative estimate of drug-likeness (QED) is 0.533. The summed E-state index contributed by atoms with van der Waals surface area (Å²) in [4.78, 5) is 15.6. The third-order valence-corrected chi connectivity index (χ3v) is 4.06. The van der Waals surface area contributed by atoms with Crippen molar-refractivity contribution >= 4 is 12.0 Å². The highest BCUT2D eigenvalue weighted by molar-refractivity contribution is 5.78. The van der Waals surface area contributed by atoms with Gasteiger partial charge in [0.05, 0.1) is 25.5 Å². The maximum absolute atomic E-state index is 9.35. The van der Waals surface area contributed by atoms with Crippen LogP contribution in [0.1, 0.15) is 11.3 Å². The van der Waals surface area contributed by atoms with Crippen LogP contribution in [-0.2, 0) is 11.3 Å². The molecule has 0 spiro atoms. The van der Waals surface area contributed by atoms with E-state index in [2.05, 4.69) is 25.2 Å². The fourth-order valence-electron chi connectivity index (χ4n) is 2.61. The van der Waals surface area contributed by atoms with Crippen LogP contribution in [0, 0.1) is 0 Å². The van der Waals surface area contributed by atoms with E-state index in [0.29, 0.717) is 38.1 Å². The number of likely N-dealkylation sites (N-methyl/N-ethyl adjacent to an activating group) is 1. The van der Waals surface area contributed by atoms with Crippen molar-refractivity contribution in [2.75, 3.05) is 51.4 Å². The number of benzene rings is 1. The van der Waals surface area contributed by atoms with Gasteiger partial charge in [-0.1, -0.05) is 12.1 Å². The first-order valence-electron chi connectivity index (χ1n) is 9.01. The molecule has 2 heterocycles. The fraction of sp³-hybridized carbons (Fsp3) is 0.421. The molecule has 0 radical (unpaired) electrons. The van der Waals surface area contributed by atoms with Gasteiger partial charge in [0.15, 0.2) is 0 Å². The average molecular weight is 371 g/mol. The van der Waals surface area contributed by atoms with Crippen LogP contribution in [-0.4, -0.2) is 67.8 Å². The van der Waals surface area contributed by atoms with Crippen molar-refractivity contribution in [1.29, 1.82) is 0 Å². The van der Waals surface area contributed by atoms with Crippen LogP contribution < -0.4 is 15.0 Å². The molecule has 1 aromatic heterocycles. The zero-order chi connectivity index (χ0) is 18.9. The summed E-state index contributed by atoms with van der Waals surface area (Å²) < 4.78 is 11.1. The molecule has 144 valence electrons. The Labute approximate surface area is 158 Å². The van der Waals surface area contributed by atoms with Crippen LogP contribution >= 0.6 is 0 Å². The van der Waals surface area contributed by atoms with E-state index in [4.69, 9.17) is 9.47 Å². The molecule has 8 nitrogen and oxygen atoms in total. The summed E-state index contributed by atoms with van der Waals surface area (Å²) >= 11 is 0. The van der Waals surface area contributed by atoms with Crippen molar-refractivity contribution in [3.8, 4) is 11.8 Å². The summed E-state index contributed by atoms with van der Waals surface area (Å²) in [5.41, 5.74) is 1.71. The molecule has 0 saturated carbocycles. The predicted molar refractivity (Wildman–Crippen MR) is 104 cm³/mol. The van der Waals surface area contributed by atoms with E-state index in [1.807, 2.05) is 25.2 Å². The molecule has 2 N–H and O–H groups in total. The Balaban J connectivity index is 1.73. The molecule has 1 fully saturated rings. The van der Waals surface area contributed by atoms with Gasteiger partial charge in [0, 0.05) is 31.9 Å². The third kappa shape index (κ3) is 5.90. The smallest absolute Gasteiger partial charge is 0.319 e. The van der Waals surface area contributed by atoms with E-state index < -0.39 is 0 Å². The van der Waals surface area contributed by atoms with Gasteiger partial charge in [-0.2, -0.15) is 9.97 Å². The van der Waals surface area contributed by atoms with E-state index in [1.165, 1.54) is 0 Å². The number of nitrogens with zero attached hydrogens (tertiary/aromatic N) is 4. The number of hydrogen-bond donors (Lipinski definition) is 2. The van der Waals surface area contributed by atoms with Gasteiger partial charge in [-0.15, -0.1) is 0 Å². The Morgan fingerprint density at radius 2 is 2.04 bits per heavy atom. The zero-order valence-corrected chi connectivity index (χ0v) is 15.5. The van der Waals surface area contributed by atoms with Gasteiger partial charge < -0.3 is 24.8 Å². The summed E-state index contributed by atoms with van der Waals surface area (Å²) in [5, 5.41) is 12.4. The minimum atomic E-state index is 0.247. The highest BCUT2D eigenvalue weighted by atomic mass is 16.5. The lowest BCUT2D eigenvalue weighted by Gasteiger charge is -2.28. The second-order valence-electron chi connectivity index (χ2n) is 6.12. The lowest BCUT2D eigenvalue weighted by molar-refractivity contribution is 0.122. The van der Waals surface area contributed by atoms with Gasteiger partial charge in [0.25, 0.3) is 0 Å². The van der Waals surface area contributed by atoms with E-state index in [1.54, 1.807) is 18.3 Å². The summed E-state index contributed by atoms with van der Waals surface area (Å²) in [6.45, 7) is 4.66. The summed E-state index contributed by atoms with van der Waals surface area (Å²) in [7, 11) is 1.87. The van der Waals surface area contributed by atoms with E-state index in [-0.39, 0.29) is 5.75 Å². The van der Waals surface area contributed by atoms with Gasteiger partial charge in [0.1, 0.15) is 18.2 Å². The van der Waals surface area contributed by atoms with Crippen molar-refractivity contribution in [2.24, 2.45) is 4.99 Å². The molecule has 0 amide bonds. The van der Waals surface area contributed by atoms with Crippen molar-refractivity contribution in [3.05, 3.63) is 41.6 Å². The molecule has 3 rings (SSSR count). The van der Waals surface area contributed by atoms with Crippen LogP contribution in [0.3, 0.4) is 0 Å². The number of nitrogens with one attached hydrogen (secondary N) is 1. The highest BCUT2D eigenvalue weighted by Gasteiger charge is 2.15. The number of ether oxygens (including phenoxy) is 2. The largest absolute Gasteiger partial charge is 0.508 e. The monoisotopic (exact) mass is 371 g/mol. The second-order valence-corrected chi connectivity index (χ2v) is 6.12. The number of morpholine rings is 1. The molecule has 27 heavy (non-hydrogen) atoms. The molecule has 1 aliphatic rings. The first kappa shape index (κ1) is 19.1. The summed E-state index contributed by atoms with van der Waals surface area (Å²) in [6, 6.07) is 9.26. The minimum Gasteiger partial charge on any atom is -0.508 e. The van der Waals surface area contributed by atoms with Gasteiger partial charge in [-0.25, -0.2) is 0 Å². The first-order valence-corrected chi connectivity index (χ1v) is 9.01. The van der Waals surface area contributed by atoms with E-state index in [9.17, 15) is 5.11 Å². The number of rotatable bonds is 8. The lowest BCUT2D eigenvalue weighted by atomic mass is 10.2. The van der Waals surface area contributed by atoms with Crippen LogP contribution in [0.25, 0.3) is 0 Å². The molecule has 0 atom stereocenters. The lowest BCUT2D eigenvalue weighted by Crippen LogP contribution is -2.37. The summed E-state index contributed by atoms with van der Waals surface area (Å²) in [5.74, 6) is 1.07. The predicted octanol–water partition coefficient (Wildman–Crippen LogP) is 1.24. The fourth-order valence-corrected chi connectivity index (χ4v) is 2.61. The minimum absolute atomic E-state index is 0.247. The Hall–Kier alpha value is -2.71. The molecule has 0 unspecified atom stereocenters. The number of anilines is 1. The maximum atomic E-state index is 9.35. The highest BCUT2D eigenvalue weighted by Crippen LogP contribution is 2.17. The SMILES string of the molecule is CNCCOc1nc(C=NCc2ccc(O)cc2)cc(N2CCOCC2)n1. The third-order valence-electron chi connectivity index (χ3n) is 4.06. The van der Waals surface area contributed by atoms with Crippen LogP contribution in [0.5, 0.6) is 11.8 Å². The zero-order valence-electron chi connectivity index (χ0n) is 15.5. The topological polar surface area (TPSA) is 92.1 Å². The standard InChI is InChI=1S/C19H25N5O3/c1-20-6-9-27-19-22-16(12-18(23-19)24-7-10-26-11-8-24)14-21-13-15-2-4-17(25)5-3-15/h2-5,12,14,20,25H,6-11,13H2,1H3. The van der Waals surface area contributed by atoms with E-state index in [0.717, 1.165) is 31.0 Å². The molecule has 1 aliphatic heterocycles. The number of hydrogen-bond acceptors (Lipinski definition) is 8. The normalized spacial score (nSPS) is 14.6. The first-order chi connectivity index (χ1) is 13.2. The van der Waals surface area contributed by atoms with E-state index >= 15 is 0 Å². The average Bonchev–Trinajstić information content (AvgIpc) is 2.70. The van der Waals surface area contributed by atoms with Crippen molar-refractivity contribution in [3.63, 3.8) is 0 Å². The maximum Gasteiger partial charge on any atom is 0.319 e. The van der Waals surface area contributed by atoms with Crippen molar-refractivity contribution in [1.82, 2.24) is 15.3 Å². The molecular formula is C19H25N5O3. The van der Waals surface area contributed by atoms with Crippen molar-refractivity contribution < 1.29 is 14.6 Å². The Morgan fingerprint density at radius 3 is 2.78 bits per heavy atom. The molecule has 2 aromatic rings. The number of phenols is 1. The Bertz CT molecular complexity index is 746. The molecular weight excluding hydrogens is 346 g/mol. The second kappa shape index (κ2) is 9.84. The van der Waals surface area contributed by atoms with Gasteiger partial charge in [-0.3, -0.25) is 4.99 Å². The van der Waals surface area contributed by atoms with Crippen LogP contribution in [0.4, 0.5) is 5.82 Å². The summed E-state index contributed by atoms with van der Waals surface area (Å²) in [6.07, 6.45) is 1.73. The van der Waals surface area contributed by atoms with Crippen LogP contribution in [0.2, 0.25) is 0 Å². The number of phenolic OH excluding ortho intramolecular Hbond substituents is 1. The van der Waals surface area contributed by atoms with Crippen molar-refractivity contribution in [2.45, 2.75) is 6.54 Å². The molecule has 8 heteroatoms. The van der Waals surface area contributed by atoms with Crippen LogP contribution in [0.15, 0.2) is 35.3 Å².